The normalized spacial score (nSPS) is 20.6. The molecule has 0 aliphatic carbocycles. The van der Waals surface area contributed by atoms with E-state index in [2.05, 4.69) is 16.0 Å². The molecule has 1 aliphatic heterocycles. The van der Waals surface area contributed by atoms with Gasteiger partial charge in [0.15, 0.2) is 0 Å². The Kier molecular flexibility index (Phi) is 7.10. The number of carbonyl (C=O) groups is 2. The number of ether oxygens (including phenoxy) is 1. The van der Waals surface area contributed by atoms with Crippen molar-refractivity contribution in [1.29, 1.82) is 0 Å². The fraction of sp³-hybridized carbons (Fsp3) is 0.429. The van der Waals surface area contributed by atoms with E-state index in [0.29, 0.717) is 25.4 Å². The maximum absolute atomic E-state index is 12.2. The smallest absolute Gasteiger partial charge is 0.312 e. The van der Waals surface area contributed by atoms with E-state index in [1.54, 1.807) is 12.1 Å². The quantitative estimate of drug-likeness (QED) is 0.649. The highest BCUT2D eigenvalue weighted by molar-refractivity contribution is 5.95. The van der Waals surface area contributed by atoms with Gasteiger partial charge in [-0.25, -0.2) is 4.79 Å². The Labute approximate surface area is 135 Å². The van der Waals surface area contributed by atoms with Crippen molar-refractivity contribution in [3.63, 3.8) is 0 Å². The van der Waals surface area contributed by atoms with Gasteiger partial charge in [-0.05, 0) is 24.6 Å². The summed E-state index contributed by atoms with van der Waals surface area (Å²) in [6.07, 6.45) is -0.155. The van der Waals surface area contributed by atoms with Gasteiger partial charge in [0.1, 0.15) is 6.04 Å². The van der Waals surface area contributed by atoms with E-state index in [0.717, 1.165) is 5.56 Å². The molecule has 0 bridgehead atoms. The van der Waals surface area contributed by atoms with Crippen molar-refractivity contribution >= 4 is 30.0 Å². The topological polar surface area (TPSA) is 105 Å². The fourth-order valence-electron chi connectivity index (χ4n) is 2.14. The largest absolute Gasteiger partial charge is 0.375 e. The monoisotopic (exact) mass is 328 g/mol. The third kappa shape index (κ3) is 5.18. The Morgan fingerprint density at radius 3 is 2.64 bits per heavy atom. The van der Waals surface area contributed by atoms with Crippen molar-refractivity contribution in [2.45, 2.75) is 25.6 Å². The van der Waals surface area contributed by atoms with E-state index in [1.165, 1.54) is 0 Å². The van der Waals surface area contributed by atoms with E-state index >= 15 is 0 Å². The summed E-state index contributed by atoms with van der Waals surface area (Å²) in [5.74, 6) is -0.120. The zero-order chi connectivity index (χ0) is 15.2. The summed E-state index contributed by atoms with van der Waals surface area (Å²) in [7, 11) is 0. The summed E-state index contributed by atoms with van der Waals surface area (Å²) in [6, 6.07) is 6.29. The molecule has 1 aromatic carbocycles. The maximum Gasteiger partial charge on any atom is 0.312 e. The highest BCUT2D eigenvalue weighted by Crippen LogP contribution is 2.12. The van der Waals surface area contributed by atoms with Crippen LogP contribution in [-0.2, 0) is 16.1 Å². The zero-order valence-electron chi connectivity index (χ0n) is 12.3. The molecule has 7 nitrogen and oxygen atoms in total. The molecule has 0 saturated carbocycles. The van der Waals surface area contributed by atoms with Crippen molar-refractivity contribution in [2.75, 3.05) is 18.5 Å². The first-order valence-electron chi connectivity index (χ1n) is 6.84. The Balaban J connectivity index is 0.00000242. The average Bonchev–Trinajstić information content (AvgIpc) is 2.47. The molecule has 122 valence electrons. The summed E-state index contributed by atoms with van der Waals surface area (Å²) >= 11 is 0. The van der Waals surface area contributed by atoms with Crippen LogP contribution < -0.4 is 21.7 Å². The van der Waals surface area contributed by atoms with Crippen LogP contribution in [0.1, 0.15) is 12.5 Å². The van der Waals surface area contributed by atoms with Gasteiger partial charge in [0, 0.05) is 18.8 Å². The number of anilines is 1. The number of amides is 3. The third-order valence-electron chi connectivity index (χ3n) is 3.29. The molecule has 1 fully saturated rings. The van der Waals surface area contributed by atoms with E-state index in [-0.39, 0.29) is 30.5 Å². The SMILES string of the molecule is C[C@H]1OCCN[C@@H]1C(=O)Nc1ccc(CNC(N)=O)cc1.Cl. The molecule has 3 amide bonds. The van der Waals surface area contributed by atoms with Crippen LogP contribution in [0.4, 0.5) is 10.5 Å². The number of hydrogen-bond donors (Lipinski definition) is 4. The number of rotatable bonds is 4. The van der Waals surface area contributed by atoms with Gasteiger partial charge >= 0.3 is 6.03 Å². The van der Waals surface area contributed by atoms with Crippen LogP contribution in [0.3, 0.4) is 0 Å². The lowest BCUT2D eigenvalue weighted by Crippen LogP contribution is -2.53. The lowest BCUT2D eigenvalue weighted by molar-refractivity contribution is -0.123. The van der Waals surface area contributed by atoms with Crippen molar-refractivity contribution < 1.29 is 14.3 Å². The van der Waals surface area contributed by atoms with Crippen LogP contribution in [0.15, 0.2) is 24.3 Å². The molecule has 5 N–H and O–H groups in total. The molecule has 22 heavy (non-hydrogen) atoms. The standard InChI is InChI=1S/C14H20N4O3.ClH/c1-9-12(16-6-7-21-9)13(19)18-11-4-2-10(3-5-11)8-17-14(15)20;/h2-5,9,12,16H,6-8H2,1H3,(H,18,19)(H3,15,17,20);1H/t9-,12+;/m1./s1. The second-order valence-corrected chi connectivity index (χ2v) is 4.91. The fourth-order valence-corrected chi connectivity index (χ4v) is 2.14. The summed E-state index contributed by atoms with van der Waals surface area (Å²) in [5, 5.41) is 8.48. The summed E-state index contributed by atoms with van der Waals surface area (Å²) < 4.78 is 5.45. The number of morpholine rings is 1. The first kappa shape index (κ1) is 18.2. The number of halogens is 1. The van der Waals surface area contributed by atoms with Crippen LogP contribution in [0.25, 0.3) is 0 Å². The van der Waals surface area contributed by atoms with E-state index < -0.39 is 6.03 Å². The minimum atomic E-state index is -0.565. The van der Waals surface area contributed by atoms with Gasteiger partial charge in [0.2, 0.25) is 5.91 Å². The molecule has 8 heteroatoms. The number of nitrogens with two attached hydrogens (primary N) is 1. The van der Waals surface area contributed by atoms with E-state index in [4.69, 9.17) is 10.5 Å². The molecule has 1 heterocycles. The minimum Gasteiger partial charge on any atom is -0.375 e. The molecular formula is C14H21ClN4O3. The van der Waals surface area contributed by atoms with Gasteiger partial charge in [0.25, 0.3) is 0 Å². The number of carbonyl (C=O) groups excluding carboxylic acids is 2. The first-order valence-corrected chi connectivity index (χ1v) is 6.84. The Hall–Kier alpha value is -1.83. The molecule has 1 saturated heterocycles. The van der Waals surface area contributed by atoms with Crippen LogP contribution in [-0.4, -0.2) is 37.2 Å². The highest BCUT2D eigenvalue weighted by atomic mass is 35.5. The van der Waals surface area contributed by atoms with Crippen molar-refractivity contribution in [3.8, 4) is 0 Å². The predicted molar refractivity (Wildman–Crippen MR) is 85.9 cm³/mol. The Bertz CT molecular complexity index is 509. The van der Waals surface area contributed by atoms with Crippen molar-refractivity contribution in [2.24, 2.45) is 5.73 Å². The number of benzene rings is 1. The number of hydrogen-bond acceptors (Lipinski definition) is 4. The van der Waals surface area contributed by atoms with Gasteiger partial charge in [-0.3, -0.25) is 4.79 Å². The zero-order valence-corrected chi connectivity index (χ0v) is 13.1. The molecule has 0 spiro atoms. The number of primary amides is 1. The predicted octanol–water partition coefficient (Wildman–Crippen LogP) is 0.592. The van der Waals surface area contributed by atoms with Crippen LogP contribution in [0, 0.1) is 0 Å². The molecule has 2 atom stereocenters. The molecule has 0 radical (unpaired) electrons. The van der Waals surface area contributed by atoms with Gasteiger partial charge in [-0.2, -0.15) is 0 Å². The van der Waals surface area contributed by atoms with Gasteiger partial charge in [-0.1, -0.05) is 12.1 Å². The second kappa shape index (κ2) is 8.57. The Morgan fingerprint density at radius 2 is 2.05 bits per heavy atom. The average molecular weight is 329 g/mol. The lowest BCUT2D eigenvalue weighted by Gasteiger charge is -2.29. The highest BCUT2D eigenvalue weighted by Gasteiger charge is 2.28. The second-order valence-electron chi connectivity index (χ2n) is 4.91. The molecule has 0 unspecified atom stereocenters. The van der Waals surface area contributed by atoms with Crippen LogP contribution in [0.5, 0.6) is 0 Å². The van der Waals surface area contributed by atoms with Crippen LogP contribution in [0.2, 0.25) is 0 Å². The first-order chi connectivity index (χ1) is 10.1. The molecule has 1 aliphatic rings. The minimum absolute atomic E-state index is 0. The molecule has 0 aromatic heterocycles. The van der Waals surface area contributed by atoms with Crippen molar-refractivity contribution in [1.82, 2.24) is 10.6 Å². The van der Waals surface area contributed by atoms with Crippen molar-refractivity contribution in [3.05, 3.63) is 29.8 Å². The molecule has 1 aromatic rings. The molecular weight excluding hydrogens is 308 g/mol. The maximum atomic E-state index is 12.2. The van der Waals surface area contributed by atoms with Gasteiger partial charge in [-0.15, -0.1) is 12.4 Å². The summed E-state index contributed by atoms with van der Waals surface area (Å²) in [6.45, 7) is 3.51. The van der Waals surface area contributed by atoms with Crippen LogP contribution >= 0.6 is 12.4 Å². The third-order valence-corrected chi connectivity index (χ3v) is 3.29. The van der Waals surface area contributed by atoms with E-state index in [9.17, 15) is 9.59 Å². The summed E-state index contributed by atoms with van der Waals surface area (Å²) in [4.78, 5) is 22.8. The lowest BCUT2D eigenvalue weighted by atomic mass is 10.1. The Morgan fingerprint density at radius 1 is 1.36 bits per heavy atom. The van der Waals surface area contributed by atoms with Gasteiger partial charge < -0.3 is 26.4 Å². The number of nitrogens with one attached hydrogen (secondary N) is 3. The molecule has 2 rings (SSSR count). The number of urea groups is 1. The van der Waals surface area contributed by atoms with E-state index in [1.807, 2.05) is 19.1 Å². The summed E-state index contributed by atoms with van der Waals surface area (Å²) in [5.41, 5.74) is 6.60. The van der Waals surface area contributed by atoms with Gasteiger partial charge in [0.05, 0.1) is 12.7 Å².